The number of rotatable bonds is 4. The fourth-order valence-corrected chi connectivity index (χ4v) is 5.71. The molecule has 2 aliphatic heterocycles. The van der Waals surface area contributed by atoms with Crippen LogP contribution in [0, 0.1) is 0 Å². The maximum Gasteiger partial charge on any atom is 0.161 e. The number of hydrogen-bond acceptors (Lipinski definition) is 7. The van der Waals surface area contributed by atoms with Crippen molar-refractivity contribution in [1.29, 1.82) is 0 Å². The largest absolute Gasteiger partial charge is 0.487 e. The van der Waals surface area contributed by atoms with Gasteiger partial charge in [0.05, 0.1) is 52.9 Å². The monoisotopic (exact) mass is 557 g/mol. The molecule has 0 N–H and O–H groups in total. The predicted molar refractivity (Wildman–Crippen MR) is 160 cm³/mol. The highest BCUT2D eigenvalue weighted by molar-refractivity contribution is 6.06. The SMILES string of the molecule is c1ccc2c(CN3CCOCC3)c3ccccc3c(Cc3ccc4c(c3)OCCOCCOCCOCCO4)c2c1. The quantitative estimate of drug-likeness (QED) is 0.318. The van der Waals surface area contributed by atoms with Gasteiger partial charge in [0, 0.05) is 19.6 Å². The van der Waals surface area contributed by atoms with E-state index in [-0.39, 0.29) is 0 Å². The highest BCUT2D eigenvalue weighted by Gasteiger charge is 2.18. The van der Waals surface area contributed by atoms with E-state index in [4.69, 9.17) is 28.4 Å². The van der Waals surface area contributed by atoms with E-state index in [1.807, 2.05) is 6.07 Å². The van der Waals surface area contributed by atoms with Crippen LogP contribution in [0.25, 0.3) is 21.5 Å². The standard InChI is InChI=1S/C34H39NO6/c1-3-7-29-27(5-1)31(28-6-2-4-8-30(28)32(29)25-35-11-13-36-14-12-35)23-26-9-10-33-34(24-26)41-22-20-39-18-16-37-15-17-38-19-21-40-33/h1-10,24H,11-23,25H2. The van der Waals surface area contributed by atoms with Gasteiger partial charge < -0.3 is 28.4 Å². The van der Waals surface area contributed by atoms with E-state index in [1.54, 1.807) is 0 Å². The molecule has 216 valence electrons. The Hall–Kier alpha value is -3.20. The average molecular weight is 558 g/mol. The molecule has 0 aromatic heterocycles. The molecule has 4 aromatic carbocycles. The first-order chi connectivity index (χ1) is 20.4. The van der Waals surface area contributed by atoms with Crippen LogP contribution in [-0.2, 0) is 31.9 Å². The number of nitrogens with zero attached hydrogens (tertiary/aromatic N) is 1. The number of fused-ring (bicyclic) bond motifs is 3. The first-order valence-electron chi connectivity index (χ1n) is 14.7. The Morgan fingerprint density at radius 1 is 0.488 bits per heavy atom. The average Bonchev–Trinajstić information content (AvgIpc) is 3.03. The summed E-state index contributed by atoms with van der Waals surface area (Å²) in [4.78, 5) is 2.51. The normalized spacial score (nSPS) is 18.1. The van der Waals surface area contributed by atoms with Gasteiger partial charge in [-0.05, 0) is 56.8 Å². The molecule has 0 unspecified atom stereocenters. The lowest BCUT2D eigenvalue weighted by Crippen LogP contribution is -2.35. The molecule has 4 aromatic rings. The van der Waals surface area contributed by atoms with Crippen LogP contribution in [0.3, 0.4) is 0 Å². The minimum Gasteiger partial charge on any atom is -0.487 e. The van der Waals surface area contributed by atoms with Gasteiger partial charge in [0.2, 0.25) is 0 Å². The maximum atomic E-state index is 6.17. The smallest absolute Gasteiger partial charge is 0.161 e. The van der Waals surface area contributed by atoms with Crippen LogP contribution < -0.4 is 9.47 Å². The van der Waals surface area contributed by atoms with Gasteiger partial charge >= 0.3 is 0 Å². The Bertz CT molecular complexity index is 1380. The summed E-state index contributed by atoms with van der Waals surface area (Å²) in [7, 11) is 0. The highest BCUT2D eigenvalue weighted by atomic mass is 16.6. The molecule has 2 aliphatic rings. The molecule has 0 spiro atoms. The summed E-state index contributed by atoms with van der Waals surface area (Å²) >= 11 is 0. The van der Waals surface area contributed by atoms with Crippen LogP contribution in [0.2, 0.25) is 0 Å². The van der Waals surface area contributed by atoms with Gasteiger partial charge in [0.15, 0.2) is 11.5 Å². The van der Waals surface area contributed by atoms with Gasteiger partial charge in [-0.15, -0.1) is 0 Å². The Balaban J connectivity index is 1.32. The van der Waals surface area contributed by atoms with Crippen molar-refractivity contribution in [2.45, 2.75) is 13.0 Å². The van der Waals surface area contributed by atoms with Gasteiger partial charge in [-0.25, -0.2) is 0 Å². The fraction of sp³-hybridized carbons (Fsp3) is 0.412. The van der Waals surface area contributed by atoms with Crippen LogP contribution >= 0.6 is 0 Å². The molecule has 7 nitrogen and oxygen atoms in total. The lowest BCUT2D eigenvalue weighted by atomic mass is 9.88. The molecule has 0 bridgehead atoms. The molecule has 0 amide bonds. The van der Waals surface area contributed by atoms with Gasteiger partial charge in [-0.2, -0.15) is 0 Å². The van der Waals surface area contributed by atoms with Crippen molar-refractivity contribution < 1.29 is 28.4 Å². The summed E-state index contributed by atoms with van der Waals surface area (Å²) in [6.07, 6.45) is 0.784. The second-order valence-corrected chi connectivity index (χ2v) is 10.4. The Labute approximate surface area is 241 Å². The van der Waals surface area contributed by atoms with Crippen molar-refractivity contribution in [3.63, 3.8) is 0 Å². The molecule has 1 saturated heterocycles. The molecule has 41 heavy (non-hydrogen) atoms. The van der Waals surface area contributed by atoms with Gasteiger partial charge in [-0.3, -0.25) is 4.90 Å². The van der Waals surface area contributed by atoms with Gasteiger partial charge in [0.25, 0.3) is 0 Å². The second kappa shape index (κ2) is 14.1. The third-order valence-electron chi connectivity index (χ3n) is 7.74. The topological polar surface area (TPSA) is 58.6 Å². The summed E-state index contributed by atoms with van der Waals surface area (Å²) in [5, 5.41) is 5.25. The van der Waals surface area contributed by atoms with Crippen molar-refractivity contribution in [3.8, 4) is 11.5 Å². The molecule has 6 rings (SSSR count). The van der Waals surface area contributed by atoms with Crippen molar-refractivity contribution in [1.82, 2.24) is 4.90 Å². The van der Waals surface area contributed by atoms with Gasteiger partial charge in [-0.1, -0.05) is 54.6 Å². The van der Waals surface area contributed by atoms with Crippen LogP contribution in [0.4, 0.5) is 0 Å². The summed E-state index contributed by atoms with van der Waals surface area (Å²) in [5.41, 5.74) is 3.90. The third-order valence-corrected chi connectivity index (χ3v) is 7.74. The summed E-state index contributed by atoms with van der Waals surface area (Å²) < 4.78 is 34.6. The predicted octanol–water partition coefficient (Wildman–Crippen LogP) is 5.24. The minimum atomic E-state index is 0.443. The number of ether oxygens (including phenoxy) is 6. The highest BCUT2D eigenvalue weighted by Crippen LogP contribution is 2.36. The number of benzene rings is 4. The summed E-state index contributed by atoms with van der Waals surface area (Å²) in [5.74, 6) is 1.45. The van der Waals surface area contributed by atoms with Gasteiger partial charge in [0.1, 0.15) is 13.2 Å². The molecule has 0 saturated carbocycles. The summed E-state index contributed by atoms with van der Waals surface area (Å²) in [6, 6.07) is 24.0. The number of hydrogen-bond donors (Lipinski definition) is 0. The molecule has 1 fully saturated rings. The molecule has 0 atom stereocenters. The van der Waals surface area contributed by atoms with Crippen molar-refractivity contribution in [3.05, 3.63) is 83.4 Å². The Morgan fingerprint density at radius 3 is 1.56 bits per heavy atom. The van der Waals surface area contributed by atoms with E-state index in [0.29, 0.717) is 52.9 Å². The van der Waals surface area contributed by atoms with Crippen molar-refractivity contribution in [2.75, 3.05) is 79.2 Å². The van der Waals surface area contributed by atoms with E-state index < -0.39 is 0 Å². The lowest BCUT2D eigenvalue weighted by molar-refractivity contribution is 0.00708. The van der Waals surface area contributed by atoms with E-state index in [9.17, 15) is 0 Å². The third kappa shape index (κ3) is 7.00. The van der Waals surface area contributed by atoms with Crippen molar-refractivity contribution >= 4 is 21.5 Å². The van der Waals surface area contributed by atoms with Crippen LogP contribution in [-0.4, -0.2) is 84.1 Å². The van der Waals surface area contributed by atoms with E-state index in [2.05, 4.69) is 65.6 Å². The molecule has 7 heteroatoms. The van der Waals surface area contributed by atoms with E-state index in [0.717, 1.165) is 50.8 Å². The van der Waals surface area contributed by atoms with Crippen molar-refractivity contribution in [2.24, 2.45) is 0 Å². The minimum absolute atomic E-state index is 0.443. The second-order valence-electron chi connectivity index (χ2n) is 10.4. The molecule has 0 aliphatic carbocycles. The summed E-state index contributed by atoms with van der Waals surface area (Å²) in [6.45, 7) is 8.50. The van der Waals surface area contributed by atoms with E-state index in [1.165, 1.54) is 38.2 Å². The molecule has 2 heterocycles. The van der Waals surface area contributed by atoms with E-state index >= 15 is 0 Å². The number of morpholine rings is 1. The molecular formula is C34H39NO6. The first kappa shape index (κ1) is 27.9. The Kier molecular flexibility index (Phi) is 9.62. The Morgan fingerprint density at radius 2 is 0.976 bits per heavy atom. The zero-order chi connectivity index (χ0) is 27.7. The van der Waals surface area contributed by atoms with Crippen LogP contribution in [0.15, 0.2) is 66.7 Å². The zero-order valence-electron chi connectivity index (χ0n) is 23.6. The zero-order valence-corrected chi connectivity index (χ0v) is 23.6. The molecule has 0 radical (unpaired) electrons. The maximum absolute atomic E-state index is 6.17. The molecular weight excluding hydrogens is 518 g/mol. The lowest BCUT2D eigenvalue weighted by Gasteiger charge is -2.28. The van der Waals surface area contributed by atoms with Crippen LogP contribution in [0.1, 0.15) is 16.7 Å². The van der Waals surface area contributed by atoms with Crippen LogP contribution in [0.5, 0.6) is 11.5 Å². The first-order valence-corrected chi connectivity index (χ1v) is 14.7. The fourth-order valence-electron chi connectivity index (χ4n) is 5.71.